The Labute approximate surface area is 183 Å². The topological polar surface area (TPSA) is 42.2 Å². The van der Waals surface area contributed by atoms with Crippen LogP contribution in [0.5, 0.6) is 0 Å². The molecule has 1 N–H and O–H groups in total. The predicted molar refractivity (Wildman–Crippen MR) is 123 cm³/mol. The first-order valence-corrected chi connectivity index (χ1v) is 10.4. The van der Waals surface area contributed by atoms with Gasteiger partial charge in [-0.25, -0.2) is 0 Å². The van der Waals surface area contributed by atoms with E-state index >= 15 is 0 Å². The maximum atomic E-state index is 12.5. The average molecular weight is 434 g/mol. The van der Waals surface area contributed by atoms with Gasteiger partial charge >= 0.3 is 0 Å². The number of hydrogen-bond acceptors (Lipinski definition) is 2. The van der Waals surface area contributed by atoms with E-state index in [1.807, 2.05) is 24.3 Å². The quantitative estimate of drug-likeness (QED) is 0.347. The van der Waals surface area contributed by atoms with Crippen LogP contribution in [0.2, 0.25) is 10.0 Å². The number of rotatable bonds is 4. The second-order valence-electron chi connectivity index (χ2n) is 7.24. The second-order valence-corrected chi connectivity index (χ2v) is 8.02. The van der Waals surface area contributed by atoms with Crippen molar-refractivity contribution in [2.24, 2.45) is 0 Å². The van der Waals surface area contributed by atoms with Crippen LogP contribution in [0.1, 0.15) is 16.9 Å². The van der Waals surface area contributed by atoms with E-state index in [9.17, 15) is 4.79 Å². The number of nitrogens with one attached hydrogen (secondary N) is 1. The highest BCUT2D eigenvalue weighted by Gasteiger charge is 2.16. The normalized spacial score (nSPS) is 12.7. The van der Waals surface area contributed by atoms with Gasteiger partial charge in [0.05, 0.1) is 10.0 Å². The lowest BCUT2D eigenvalue weighted by molar-refractivity contribution is -0.111. The molecule has 0 spiro atoms. The number of carbonyl (C=O) groups is 1. The molecule has 5 heteroatoms. The van der Waals surface area contributed by atoms with Crippen molar-refractivity contribution in [2.45, 2.75) is 12.8 Å². The molecule has 30 heavy (non-hydrogen) atoms. The van der Waals surface area contributed by atoms with E-state index in [1.165, 1.54) is 22.6 Å². The van der Waals surface area contributed by atoms with Crippen LogP contribution in [-0.4, -0.2) is 5.91 Å². The average Bonchev–Trinajstić information content (AvgIpc) is 3.39. The fourth-order valence-corrected chi connectivity index (χ4v) is 4.36. The molecule has 1 amide bonds. The maximum absolute atomic E-state index is 12.5. The number of furan rings is 1. The van der Waals surface area contributed by atoms with Gasteiger partial charge in [0.1, 0.15) is 11.5 Å². The highest BCUT2D eigenvalue weighted by molar-refractivity contribution is 6.43. The third-order valence-corrected chi connectivity index (χ3v) is 6.20. The molecule has 0 radical (unpaired) electrons. The SMILES string of the molecule is O=C(C=Cc1ccc(-c2cccc(Cl)c2Cl)o1)Nc1ccc2c3c(cccc13)CC2. The second kappa shape index (κ2) is 7.67. The molecular formula is C25H17Cl2NO2. The predicted octanol–water partition coefficient (Wildman–Crippen LogP) is 7.16. The van der Waals surface area contributed by atoms with Crippen LogP contribution in [0.25, 0.3) is 28.2 Å². The largest absolute Gasteiger partial charge is 0.457 e. The van der Waals surface area contributed by atoms with Crippen molar-refractivity contribution in [3.63, 3.8) is 0 Å². The summed E-state index contributed by atoms with van der Waals surface area (Å²) in [6, 6.07) is 19.3. The lowest BCUT2D eigenvalue weighted by Crippen LogP contribution is -2.08. The van der Waals surface area contributed by atoms with Gasteiger partial charge in [0, 0.05) is 22.7 Å². The Morgan fingerprint density at radius 2 is 1.73 bits per heavy atom. The Bertz CT molecular complexity index is 1310. The smallest absolute Gasteiger partial charge is 0.248 e. The third-order valence-electron chi connectivity index (χ3n) is 5.38. The third kappa shape index (κ3) is 3.41. The summed E-state index contributed by atoms with van der Waals surface area (Å²) >= 11 is 12.3. The summed E-state index contributed by atoms with van der Waals surface area (Å²) < 4.78 is 5.81. The molecule has 1 aromatic heterocycles. The number of anilines is 1. The van der Waals surface area contributed by atoms with E-state index in [4.69, 9.17) is 27.6 Å². The van der Waals surface area contributed by atoms with Crippen LogP contribution >= 0.6 is 23.2 Å². The first-order chi connectivity index (χ1) is 14.6. The van der Waals surface area contributed by atoms with Gasteiger partial charge in [0.15, 0.2) is 0 Å². The van der Waals surface area contributed by atoms with E-state index in [0.29, 0.717) is 27.1 Å². The molecule has 3 nitrogen and oxygen atoms in total. The van der Waals surface area contributed by atoms with Crippen LogP contribution in [0.3, 0.4) is 0 Å². The molecule has 1 heterocycles. The Morgan fingerprint density at radius 3 is 2.60 bits per heavy atom. The lowest BCUT2D eigenvalue weighted by atomic mass is 10.0. The van der Waals surface area contributed by atoms with Crippen molar-refractivity contribution in [3.05, 3.63) is 93.7 Å². The van der Waals surface area contributed by atoms with Crippen molar-refractivity contribution in [1.29, 1.82) is 0 Å². The zero-order valence-electron chi connectivity index (χ0n) is 15.9. The minimum absolute atomic E-state index is 0.215. The van der Waals surface area contributed by atoms with Crippen molar-refractivity contribution in [3.8, 4) is 11.3 Å². The van der Waals surface area contributed by atoms with E-state index in [2.05, 4.69) is 23.5 Å². The van der Waals surface area contributed by atoms with Crippen molar-refractivity contribution < 1.29 is 9.21 Å². The molecule has 0 aliphatic heterocycles. The molecule has 4 aromatic rings. The first kappa shape index (κ1) is 19.0. The fraction of sp³-hybridized carbons (Fsp3) is 0.0800. The first-order valence-electron chi connectivity index (χ1n) is 9.67. The van der Waals surface area contributed by atoms with E-state index in [1.54, 1.807) is 24.3 Å². The van der Waals surface area contributed by atoms with Gasteiger partial charge in [-0.05, 0) is 65.8 Å². The highest BCUT2D eigenvalue weighted by atomic mass is 35.5. The molecule has 0 saturated carbocycles. The van der Waals surface area contributed by atoms with Gasteiger partial charge in [-0.1, -0.05) is 53.5 Å². The number of hydrogen-bond donors (Lipinski definition) is 1. The van der Waals surface area contributed by atoms with Gasteiger partial charge in [0.25, 0.3) is 0 Å². The molecule has 5 rings (SSSR count). The number of amides is 1. The molecule has 0 fully saturated rings. The van der Waals surface area contributed by atoms with Gasteiger partial charge in [-0.15, -0.1) is 0 Å². The van der Waals surface area contributed by atoms with Gasteiger partial charge < -0.3 is 9.73 Å². The molecular weight excluding hydrogens is 417 g/mol. The molecule has 1 aliphatic rings. The summed E-state index contributed by atoms with van der Waals surface area (Å²) in [6.45, 7) is 0. The standard InChI is InChI=1S/C25H17Cl2NO2/c26-20-6-2-5-19(25(20)27)22-13-10-17(30-22)11-14-23(29)28-21-12-9-16-8-7-15-3-1-4-18(21)24(15)16/h1-6,9-14H,7-8H2,(H,28,29). The minimum atomic E-state index is -0.215. The van der Waals surface area contributed by atoms with Crippen LogP contribution in [0.15, 0.2) is 71.2 Å². The molecule has 0 bridgehead atoms. The Balaban J connectivity index is 1.35. The molecule has 3 aromatic carbocycles. The van der Waals surface area contributed by atoms with E-state index in [0.717, 1.165) is 23.9 Å². The maximum Gasteiger partial charge on any atom is 0.248 e. The summed E-state index contributed by atoms with van der Waals surface area (Å²) in [5.41, 5.74) is 4.22. The van der Waals surface area contributed by atoms with E-state index in [-0.39, 0.29) is 5.91 Å². The summed E-state index contributed by atoms with van der Waals surface area (Å²) in [4.78, 5) is 12.5. The number of halogens is 2. The van der Waals surface area contributed by atoms with Gasteiger partial charge in [0.2, 0.25) is 5.91 Å². The summed E-state index contributed by atoms with van der Waals surface area (Å²) in [6.07, 6.45) is 5.21. The molecule has 148 valence electrons. The van der Waals surface area contributed by atoms with Crippen molar-refractivity contribution in [1.82, 2.24) is 0 Å². The minimum Gasteiger partial charge on any atom is -0.457 e. The summed E-state index contributed by atoms with van der Waals surface area (Å²) in [5, 5.41) is 6.25. The number of aryl methyl sites for hydroxylation is 2. The van der Waals surface area contributed by atoms with E-state index < -0.39 is 0 Å². The Morgan fingerprint density at radius 1 is 0.933 bits per heavy atom. The van der Waals surface area contributed by atoms with Crippen LogP contribution in [0, 0.1) is 0 Å². The molecule has 0 atom stereocenters. The summed E-state index contributed by atoms with van der Waals surface area (Å²) in [7, 11) is 0. The van der Waals surface area contributed by atoms with Crippen molar-refractivity contribution >= 4 is 51.6 Å². The van der Waals surface area contributed by atoms with Gasteiger partial charge in [-0.3, -0.25) is 4.79 Å². The Hall–Kier alpha value is -3.01. The monoisotopic (exact) mass is 433 g/mol. The fourth-order valence-electron chi connectivity index (χ4n) is 3.97. The molecule has 1 aliphatic carbocycles. The highest BCUT2D eigenvalue weighted by Crippen LogP contribution is 2.36. The Kier molecular flexibility index (Phi) is 4.86. The lowest BCUT2D eigenvalue weighted by Gasteiger charge is -2.09. The zero-order valence-corrected chi connectivity index (χ0v) is 17.4. The van der Waals surface area contributed by atoms with Crippen LogP contribution in [-0.2, 0) is 17.6 Å². The number of carbonyl (C=O) groups excluding carboxylic acids is 1. The summed E-state index contributed by atoms with van der Waals surface area (Å²) in [5.74, 6) is 0.930. The van der Waals surface area contributed by atoms with Crippen molar-refractivity contribution in [2.75, 3.05) is 5.32 Å². The number of benzene rings is 3. The van der Waals surface area contributed by atoms with Crippen LogP contribution in [0.4, 0.5) is 5.69 Å². The van der Waals surface area contributed by atoms with Gasteiger partial charge in [-0.2, -0.15) is 0 Å². The molecule has 0 saturated heterocycles. The van der Waals surface area contributed by atoms with Crippen LogP contribution < -0.4 is 5.32 Å². The zero-order chi connectivity index (χ0) is 20.7. The molecule has 0 unspecified atom stereocenters.